The first-order valence-corrected chi connectivity index (χ1v) is 11.5. The first-order valence-electron chi connectivity index (χ1n) is 11.5. The number of rotatable bonds is 5. The van der Waals surface area contributed by atoms with Gasteiger partial charge in [-0.2, -0.15) is 0 Å². The van der Waals surface area contributed by atoms with Crippen molar-refractivity contribution in [2.75, 3.05) is 4.90 Å². The molecule has 5 heteroatoms. The second-order valence-electron chi connectivity index (χ2n) is 9.19. The molecule has 180 valence electrons. The van der Waals surface area contributed by atoms with Crippen LogP contribution in [0.3, 0.4) is 0 Å². The van der Waals surface area contributed by atoms with Gasteiger partial charge in [-0.05, 0) is 119 Å². The van der Waals surface area contributed by atoms with E-state index in [1.807, 2.05) is 88.9 Å². The highest BCUT2D eigenvalue weighted by molar-refractivity contribution is 5.83. The first kappa shape index (κ1) is 24.0. The van der Waals surface area contributed by atoms with E-state index in [2.05, 4.69) is 0 Å². The monoisotopic (exact) mass is 469 g/mol. The minimum absolute atomic E-state index is 0.201. The van der Waals surface area contributed by atoms with Crippen molar-refractivity contribution in [3.05, 3.63) is 94.0 Å². The molecule has 35 heavy (non-hydrogen) atoms. The van der Waals surface area contributed by atoms with E-state index in [-0.39, 0.29) is 17.2 Å². The van der Waals surface area contributed by atoms with Crippen LogP contribution in [0.25, 0.3) is 0 Å². The number of aryl methyl sites for hydroxylation is 3. The number of hydrogen-bond acceptors (Lipinski definition) is 5. The van der Waals surface area contributed by atoms with Gasteiger partial charge in [0.25, 0.3) is 0 Å². The lowest BCUT2D eigenvalue weighted by molar-refractivity contribution is 0.447. The van der Waals surface area contributed by atoms with Crippen LogP contribution in [-0.2, 0) is 0 Å². The molecule has 4 rings (SSSR count). The van der Waals surface area contributed by atoms with Crippen molar-refractivity contribution in [3.63, 3.8) is 0 Å². The molecule has 0 radical (unpaired) electrons. The predicted octanol–water partition coefficient (Wildman–Crippen LogP) is 7.92. The summed E-state index contributed by atoms with van der Waals surface area (Å²) in [5.41, 5.74) is 7.42. The van der Waals surface area contributed by atoms with E-state index in [1.165, 1.54) is 0 Å². The third-order valence-corrected chi connectivity index (χ3v) is 6.28. The van der Waals surface area contributed by atoms with Gasteiger partial charge in [0.1, 0.15) is 28.7 Å². The van der Waals surface area contributed by atoms with E-state index in [1.54, 1.807) is 18.2 Å². The minimum Gasteiger partial charge on any atom is -0.508 e. The Morgan fingerprint density at radius 3 is 1.46 bits per heavy atom. The second-order valence-corrected chi connectivity index (χ2v) is 9.19. The summed E-state index contributed by atoms with van der Waals surface area (Å²) >= 11 is 0. The Bertz CT molecular complexity index is 1350. The molecule has 4 aromatic rings. The second kappa shape index (κ2) is 9.26. The van der Waals surface area contributed by atoms with Crippen LogP contribution < -0.4 is 9.64 Å². The van der Waals surface area contributed by atoms with Crippen molar-refractivity contribution in [2.24, 2.45) is 0 Å². The third-order valence-electron chi connectivity index (χ3n) is 6.28. The summed E-state index contributed by atoms with van der Waals surface area (Å²) in [5.74, 6) is 1.87. The molecule has 0 aromatic heterocycles. The molecule has 0 unspecified atom stereocenters. The summed E-state index contributed by atoms with van der Waals surface area (Å²) in [5, 5.41) is 31.3. The molecule has 0 aliphatic heterocycles. The largest absolute Gasteiger partial charge is 0.508 e. The minimum atomic E-state index is 0.201. The number of ether oxygens (including phenoxy) is 1. The first-order chi connectivity index (χ1) is 16.5. The standard InChI is InChI=1S/C30H31NO4/c1-17-11-25(20(4)27(32)13-17)31(26-12-18(2)14-28(33)21(26)5)23-7-9-24(10-8-23)35-30-16-19(3)15-29(34)22(30)6/h7-16,32-34H,1-6H3. The highest BCUT2D eigenvalue weighted by Crippen LogP contribution is 2.44. The van der Waals surface area contributed by atoms with Crippen molar-refractivity contribution in [3.8, 4) is 28.7 Å². The van der Waals surface area contributed by atoms with Crippen molar-refractivity contribution in [2.45, 2.75) is 41.5 Å². The Balaban J connectivity index is 1.83. The normalized spacial score (nSPS) is 10.9. The fourth-order valence-corrected chi connectivity index (χ4v) is 4.22. The highest BCUT2D eigenvalue weighted by atomic mass is 16.5. The highest BCUT2D eigenvalue weighted by Gasteiger charge is 2.21. The van der Waals surface area contributed by atoms with E-state index >= 15 is 0 Å². The van der Waals surface area contributed by atoms with Crippen LogP contribution in [0.5, 0.6) is 28.7 Å². The van der Waals surface area contributed by atoms with Gasteiger partial charge < -0.3 is 25.0 Å². The molecule has 0 bridgehead atoms. The van der Waals surface area contributed by atoms with Crippen molar-refractivity contribution in [1.82, 2.24) is 0 Å². The number of phenols is 3. The fourth-order valence-electron chi connectivity index (χ4n) is 4.22. The Morgan fingerprint density at radius 2 is 0.971 bits per heavy atom. The Labute approximate surface area is 206 Å². The molecule has 0 amide bonds. The summed E-state index contributed by atoms with van der Waals surface area (Å²) in [6, 6.07) is 18.8. The average molecular weight is 470 g/mol. The van der Waals surface area contributed by atoms with Crippen LogP contribution in [0, 0.1) is 41.5 Å². The summed E-state index contributed by atoms with van der Waals surface area (Å²) in [6.07, 6.45) is 0. The van der Waals surface area contributed by atoms with Gasteiger partial charge in [-0.1, -0.05) is 0 Å². The Kier molecular flexibility index (Phi) is 6.35. The van der Waals surface area contributed by atoms with Crippen LogP contribution in [0.2, 0.25) is 0 Å². The smallest absolute Gasteiger partial charge is 0.134 e. The van der Waals surface area contributed by atoms with Crippen LogP contribution in [0.4, 0.5) is 17.1 Å². The van der Waals surface area contributed by atoms with E-state index < -0.39 is 0 Å². The zero-order valence-electron chi connectivity index (χ0n) is 21.0. The number of phenolic OH excluding ortho intramolecular Hbond substituents is 3. The van der Waals surface area contributed by atoms with E-state index in [4.69, 9.17) is 4.74 Å². The Morgan fingerprint density at radius 1 is 0.543 bits per heavy atom. The molecular formula is C30H31NO4. The van der Waals surface area contributed by atoms with Gasteiger partial charge in [0.2, 0.25) is 0 Å². The zero-order valence-corrected chi connectivity index (χ0v) is 21.0. The molecule has 0 aliphatic rings. The van der Waals surface area contributed by atoms with Crippen LogP contribution in [0.1, 0.15) is 33.4 Å². The molecule has 0 heterocycles. The Hall–Kier alpha value is -4.12. The summed E-state index contributed by atoms with van der Waals surface area (Å²) in [7, 11) is 0. The number of benzene rings is 4. The maximum atomic E-state index is 10.6. The number of aromatic hydroxyl groups is 3. The molecule has 4 aromatic carbocycles. The zero-order chi connectivity index (χ0) is 25.4. The summed E-state index contributed by atoms with van der Waals surface area (Å²) < 4.78 is 6.08. The molecule has 0 fully saturated rings. The van der Waals surface area contributed by atoms with Gasteiger partial charge in [0.05, 0.1) is 11.4 Å². The number of anilines is 3. The van der Waals surface area contributed by atoms with Crippen molar-refractivity contribution in [1.29, 1.82) is 0 Å². The lowest BCUT2D eigenvalue weighted by Gasteiger charge is -2.30. The van der Waals surface area contributed by atoms with E-state index in [0.717, 1.165) is 44.9 Å². The molecule has 5 nitrogen and oxygen atoms in total. The van der Waals surface area contributed by atoms with Crippen LogP contribution >= 0.6 is 0 Å². The van der Waals surface area contributed by atoms with E-state index in [9.17, 15) is 15.3 Å². The van der Waals surface area contributed by atoms with Gasteiger partial charge in [-0.3, -0.25) is 0 Å². The topological polar surface area (TPSA) is 73.2 Å². The quantitative estimate of drug-likeness (QED) is 0.277. The van der Waals surface area contributed by atoms with Crippen molar-refractivity contribution >= 4 is 17.1 Å². The number of nitrogens with zero attached hydrogens (tertiary/aromatic N) is 1. The maximum Gasteiger partial charge on any atom is 0.134 e. The van der Waals surface area contributed by atoms with Crippen LogP contribution in [-0.4, -0.2) is 15.3 Å². The molecule has 0 aliphatic carbocycles. The molecule has 0 atom stereocenters. The van der Waals surface area contributed by atoms with Gasteiger partial charge >= 0.3 is 0 Å². The summed E-state index contributed by atoms with van der Waals surface area (Å²) in [6.45, 7) is 11.4. The maximum absolute atomic E-state index is 10.6. The van der Waals surface area contributed by atoms with Crippen molar-refractivity contribution < 1.29 is 20.1 Å². The number of hydrogen-bond donors (Lipinski definition) is 3. The van der Waals surface area contributed by atoms with Gasteiger partial charge in [0, 0.05) is 22.4 Å². The summed E-state index contributed by atoms with van der Waals surface area (Å²) in [4.78, 5) is 2.04. The fraction of sp³-hybridized carbons (Fsp3) is 0.200. The predicted molar refractivity (Wildman–Crippen MR) is 141 cm³/mol. The molecule has 3 N–H and O–H groups in total. The van der Waals surface area contributed by atoms with Gasteiger partial charge in [-0.15, -0.1) is 0 Å². The van der Waals surface area contributed by atoms with Gasteiger partial charge in [-0.25, -0.2) is 0 Å². The van der Waals surface area contributed by atoms with Gasteiger partial charge in [0.15, 0.2) is 0 Å². The molecular weight excluding hydrogens is 438 g/mol. The third kappa shape index (κ3) is 4.76. The van der Waals surface area contributed by atoms with Crippen LogP contribution in [0.15, 0.2) is 60.7 Å². The molecule has 0 saturated carbocycles. The molecule has 0 saturated heterocycles. The van der Waals surface area contributed by atoms with E-state index in [0.29, 0.717) is 17.1 Å². The SMILES string of the molecule is Cc1cc(O)c(C)c(Oc2ccc(N(c3cc(C)cc(O)c3C)c3cc(C)cc(O)c3C)cc2)c1. The lowest BCUT2D eigenvalue weighted by atomic mass is 10.0. The lowest BCUT2D eigenvalue weighted by Crippen LogP contribution is -2.13. The average Bonchev–Trinajstić information content (AvgIpc) is 2.79. The molecule has 0 spiro atoms.